The van der Waals surface area contributed by atoms with Gasteiger partial charge < -0.3 is 15.5 Å². The number of carbonyl (C=O) groups excluding carboxylic acids is 1. The molecule has 0 aromatic carbocycles. The van der Waals surface area contributed by atoms with Crippen LogP contribution in [0.5, 0.6) is 0 Å². The topological polar surface area (TPSA) is 49.6 Å². The molecule has 4 heteroatoms. The van der Waals surface area contributed by atoms with E-state index in [4.69, 9.17) is 5.73 Å². The molecule has 4 nitrogen and oxygen atoms in total. The van der Waals surface area contributed by atoms with Crippen LogP contribution in [-0.4, -0.2) is 54.5 Å². The maximum atomic E-state index is 12.5. The Hall–Kier alpha value is -0.610. The first kappa shape index (κ1) is 16.4. The zero-order valence-corrected chi connectivity index (χ0v) is 13.2. The summed E-state index contributed by atoms with van der Waals surface area (Å²) < 4.78 is 0. The van der Waals surface area contributed by atoms with Crippen molar-refractivity contribution in [2.75, 3.05) is 26.7 Å². The lowest BCUT2D eigenvalue weighted by atomic mass is 9.96. The summed E-state index contributed by atoms with van der Waals surface area (Å²) >= 11 is 0. The minimum absolute atomic E-state index is 0.109. The second-order valence-electron chi connectivity index (χ2n) is 6.62. The monoisotopic (exact) mass is 269 g/mol. The largest absolute Gasteiger partial charge is 0.339 e. The van der Waals surface area contributed by atoms with Crippen LogP contribution < -0.4 is 5.73 Å². The first-order valence-electron chi connectivity index (χ1n) is 7.57. The van der Waals surface area contributed by atoms with E-state index in [2.05, 4.69) is 25.8 Å². The Morgan fingerprint density at radius 3 is 2.47 bits per heavy atom. The fourth-order valence-electron chi connectivity index (χ4n) is 2.73. The van der Waals surface area contributed by atoms with Gasteiger partial charge in [0.05, 0.1) is 6.04 Å². The van der Waals surface area contributed by atoms with Gasteiger partial charge in [-0.25, -0.2) is 0 Å². The van der Waals surface area contributed by atoms with Crippen molar-refractivity contribution in [3.63, 3.8) is 0 Å². The van der Waals surface area contributed by atoms with Crippen molar-refractivity contribution in [2.45, 2.75) is 52.6 Å². The molecule has 2 N–H and O–H groups in total. The molecule has 0 saturated carbocycles. The van der Waals surface area contributed by atoms with Crippen LogP contribution >= 0.6 is 0 Å². The number of piperidine rings is 1. The second-order valence-corrected chi connectivity index (χ2v) is 6.62. The molecule has 19 heavy (non-hydrogen) atoms. The van der Waals surface area contributed by atoms with Gasteiger partial charge in [0.1, 0.15) is 0 Å². The van der Waals surface area contributed by atoms with Gasteiger partial charge in [0.25, 0.3) is 0 Å². The van der Waals surface area contributed by atoms with Crippen LogP contribution in [0.1, 0.15) is 40.5 Å². The SMILES string of the molecule is CC(C)[C@H](N)C(=O)N(C[C@H]1CCCN(C)C1)C(C)C. The summed E-state index contributed by atoms with van der Waals surface area (Å²) in [5, 5.41) is 0. The summed E-state index contributed by atoms with van der Waals surface area (Å²) in [4.78, 5) is 16.8. The molecule has 112 valence electrons. The van der Waals surface area contributed by atoms with Crippen LogP contribution in [0.2, 0.25) is 0 Å². The van der Waals surface area contributed by atoms with E-state index in [1.807, 2.05) is 18.7 Å². The van der Waals surface area contributed by atoms with Gasteiger partial charge in [-0.1, -0.05) is 13.8 Å². The first-order valence-corrected chi connectivity index (χ1v) is 7.57. The average molecular weight is 269 g/mol. The molecule has 1 heterocycles. The van der Waals surface area contributed by atoms with Gasteiger partial charge in [-0.2, -0.15) is 0 Å². The lowest BCUT2D eigenvalue weighted by molar-refractivity contribution is -0.136. The van der Waals surface area contributed by atoms with Gasteiger partial charge >= 0.3 is 0 Å². The van der Waals surface area contributed by atoms with E-state index in [0.29, 0.717) is 5.92 Å². The van der Waals surface area contributed by atoms with E-state index < -0.39 is 0 Å². The number of carbonyl (C=O) groups is 1. The predicted octanol–water partition coefficient (Wildman–Crippen LogP) is 1.55. The van der Waals surface area contributed by atoms with Gasteiger partial charge in [-0.3, -0.25) is 4.79 Å². The lowest BCUT2D eigenvalue weighted by Gasteiger charge is -2.37. The molecular weight excluding hydrogens is 238 g/mol. The minimum Gasteiger partial charge on any atom is -0.339 e. The fraction of sp³-hybridized carbons (Fsp3) is 0.933. The smallest absolute Gasteiger partial charge is 0.239 e. The van der Waals surface area contributed by atoms with Gasteiger partial charge in [0.2, 0.25) is 5.91 Å². The van der Waals surface area contributed by atoms with Crippen LogP contribution in [0.4, 0.5) is 0 Å². The molecule has 0 unspecified atom stereocenters. The molecule has 1 rings (SSSR count). The second kappa shape index (κ2) is 7.25. The van der Waals surface area contributed by atoms with Crippen molar-refractivity contribution in [1.29, 1.82) is 0 Å². The Balaban J connectivity index is 2.64. The Morgan fingerprint density at radius 1 is 1.37 bits per heavy atom. The lowest BCUT2D eigenvalue weighted by Crippen LogP contribution is -2.52. The Labute approximate surface area is 118 Å². The third kappa shape index (κ3) is 4.77. The van der Waals surface area contributed by atoms with Gasteiger partial charge in [-0.05, 0) is 52.1 Å². The molecule has 1 saturated heterocycles. The molecule has 0 radical (unpaired) electrons. The van der Waals surface area contributed by atoms with Gasteiger partial charge in [-0.15, -0.1) is 0 Å². The molecule has 1 fully saturated rings. The summed E-state index contributed by atoms with van der Waals surface area (Å²) in [6.07, 6.45) is 2.45. The molecule has 1 aliphatic rings. The summed E-state index contributed by atoms with van der Waals surface area (Å²) in [6, 6.07) is -0.145. The maximum Gasteiger partial charge on any atom is 0.239 e. The van der Waals surface area contributed by atoms with Gasteiger partial charge in [0, 0.05) is 19.1 Å². The molecular formula is C15H31N3O. The fourth-order valence-corrected chi connectivity index (χ4v) is 2.73. The molecule has 1 aliphatic heterocycles. The number of hydrogen-bond donors (Lipinski definition) is 1. The number of rotatable bonds is 5. The molecule has 0 spiro atoms. The van der Waals surface area contributed by atoms with E-state index in [-0.39, 0.29) is 23.9 Å². The third-order valence-electron chi connectivity index (χ3n) is 4.09. The van der Waals surface area contributed by atoms with E-state index in [1.165, 1.54) is 19.4 Å². The quantitative estimate of drug-likeness (QED) is 0.824. The van der Waals surface area contributed by atoms with Gasteiger partial charge in [0.15, 0.2) is 0 Å². The first-order chi connectivity index (χ1) is 8.82. The molecule has 1 amide bonds. The van der Waals surface area contributed by atoms with Crippen molar-refractivity contribution in [3.8, 4) is 0 Å². The number of nitrogens with zero attached hydrogens (tertiary/aromatic N) is 2. The van der Waals surface area contributed by atoms with Crippen molar-refractivity contribution < 1.29 is 4.79 Å². The van der Waals surface area contributed by atoms with E-state index in [0.717, 1.165) is 13.1 Å². The van der Waals surface area contributed by atoms with E-state index in [1.54, 1.807) is 0 Å². The standard InChI is InChI=1S/C15H31N3O/c1-11(2)14(16)15(19)18(12(3)4)10-13-7-6-8-17(5)9-13/h11-14H,6-10,16H2,1-5H3/t13-,14-/m0/s1. The molecule has 0 aromatic heterocycles. The molecule has 2 atom stereocenters. The number of hydrogen-bond acceptors (Lipinski definition) is 3. The zero-order chi connectivity index (χ0) is 14.6. The Morgan fingerprint density at radius 2 is 2.00 bits per heavy atom. The minimum atomic E-state index is -0.372. The number of likely N-dealkylation sites (tertiary alicyclic amines) is 1. The van der Waals surface area contributed by atoms with E-state index >= 15 is 0 Å². The zero-order valence-electron chi connectivity index (χ0n) is 13.2. The Bertz CT molecular complexity index is 291. The molecule has 0 bridgehead atoms. The normalized spacial score (nSPS) is 22.8. The van der Waals surface area contributed by atoms with Crippen LogP contribution in [0.3, 0.4) is 0 Å². The van der Waals surface area contributed by atoms with Crippen LogP contribution in [0.15, 0.2) is 0 Å². The number of amides is 1. The predicted molar refractivity (Wildman–Crippen MR) is 79.9 cm³/mol. The highest BCUT2D eigenvalue weighted by atomic mass is 16.2. The van der Waals surface area contributed by atoms with Crippen molar-refractivity contribution >= 4 is 5.91 Å². The van der Waals surface area contributed by atoms with Crippen molar-refractivity contribution in [3.05, 3.63) is 0 Å². The van der Waals surface area contributed by atoms with Crippen molar-refractivity contribution in [1.82, 2.24) is 9.80 Å². The van der Waals surface area contributed by atoms with Crippen molar-refractivity contribution in [2.24, 2.45) is 17.6 Å². The highest BCUT2D eigenvalue weighted by Gasteiger charge is 2.28. The summed E-state index contributed by atoms with van der Waals surface area (Å²) in [7, 11) is 2.16. The van der Waals surface area contributed by atoms with Crippen LogP contribution in [-0.2, 0) is 4.79 Å². The summed E-state index contributed by atoms with van der Waals surface area (Å²) in [6.45, 7) is 11.3. The maximum absolute atomic E-state index is 12.5. The number of nitrogens with two attached hydrogens (primary N) is 1. The van der Waals surface area contributed by atoms with E-state index in [9.17, 15) is 4.79 Å². The summed E-state index contributed by atoms with van der Waals surface area (Å²) in [5.41, 5.74) is 6.03. The molecule has 0 aromatic rings. The molecule has 0 aliphatic carbocycles. The summed E-state index contributed by atoms with van der Waals surface area (Å²) in [5.74, 6) is 0.894. The third-order valence-corrected chi connectivity index (χ3v) is 4.09. The highest BCUT2D eigenvalue weighted by molar-refractivity contribution is 5.82. The highest BCUT2D eigenvalue weighted by Crippen LogP contribution is 2.18. The van der Waals surface area contributed by atoms with Crippen LogP contribution in [0, 0.1) is 11.8 Å². The van der Waals surface area contributed by atoms with Crippen LogP contribution in [0.25, 0.3) is 0 Å². The Kier molecular flexibility index (Phi) is 6.27. The average Bonchev–Trinajstić information content (AvgIpc) is 2.33.